The Labute approximate surface area is 185 Å². The Morgan fingerprint density at radius 2 is 1.57 bits per heavy atom. The highest BCUT2D eigenvalue weighted by atomic mass is 35.5. The molecule has 0 aliphatic heterocycles. The van der Waals surface area contributed by atoms with Crippen LogP contribution in [0.1, 0.15) is 17.2 Å². The minimum Gasteiger partial charge on any atom is -0.376 e. The van der Waals surface area contributed by atoms with Crippen molar-refractivity contribution < 1.29 is 5.11 Å². The van der Waals surface area contributed by atoms with E-state index in [1.165, 1.54) is 11.8 Å². The molecule has 0 fully saturated rings. The minimum absolute atomic E-state index is 0.684. The number of aryl methyl sites for hydroxylation is 1. The zero-order valence-electron chi connectivity index (χ0n) is 16.3. The van der Waals surface area contributed by atoms with Gasteiger partial charge in [-0.3, -0.25) is 4.68 Å². The van der Waals surface area contributed by atoms with E-state index in [0.29, 0.717) is 10.6 Å². The van der Waals surface area contributed by atoms with Gasteiger partial charge in [0.15, 0.2) is 0 Å². The fourth-order valence-corrected chi connectivity index (χ4v) is 4.17. The molecule has 1 aromatic heterocycles. The van der Waals surface area contributed by atoms with Crippen LogP contribution in [0.3, 0.4) is 0 Å². The van der Waals surface area contributed by atoms with E-state index in [4.69, 9.17) is 16.7 Å². The molecule has 5 heteroatoms. The molecule has 0 saturated heterocycles. The maximum atomic E-state index is 11.1. The van der Waals surface area contributed by atoms with Crippen molar-refractivity contribution in [1.29, 1.82) is 0 Å². The molecular formula is C25H19ClN2OS. The average molecular weight is 431 g/mol. The number of hydrogen-bond donors (Lipinski definition) is 1. The molecule has 1 atom stereocenters. The lowest BCUT2D eigenvalue weighted by Gasteiger charge is -2.09. The van der Waals surface area contributed by atoms with E-state index in [0.717, 1.165) is 26.7 Å². The lowest BCUT2D eigenvalue weighted by Crippen LogP contribution is -1.99. The summed E-state index contributed by atoms with van der Waals surface area (Å²) in [6, 6.07) is 27.1. The molecule has 3 nitrogen and oxygen atoms in total. The van der Waals surface area contributed by atoms with E-state index in [9.17, 15) is 5.11 Å². The summed E-state index contributed by atoms with van der Waals surface area (Å²) in [7, 11) is 1.88. The number of aliphatic hydroxyl groups excluding tert-OH is 1. The van der Waals surface area contributed by atoms with Crippen LogP contribution in [-0.2, 0) is 7.05 Å². The maximum absolute atomic E-state index is 11.1. The normalized spacial score (nSPS) is 11.6. The van der Waals surface area contributed by atoms with Crippen molar-refractivity contribution in [2.75, 3.05) is 0 Å². The highest BCUT2D eigenvalue weighted by molar-refractivity contribution is 7.99. The number of hydrogen-bond acceptors (Lipinski definition) is 3. The van der Waals surface area contributed by atoms with E-state index in [-0.39, 0.29) is 0 Å². The van der Waals surface area contributed by atoms with Crippen LogP contribution in [0, 0.1) is 11.8 Å². The molecule has 0 bridgehead atoms. The molecule has 1 N–H and O–H groups in total. The highest BCUT2D eigenvalue weighted by Gasteiger charge is 2.23. The first-order valence-corrected chi connectivity index (χ1v) is 10.6. The molecule has 1 heterocycles. The first-order valence-electron chi connectivity index (χ1n) is 9.42. The van der Waals surface area contributed by atoms with Crippen molar-refractivity contribution in [2.24, 2.45) is 7.05 Å². The summed E-state index contributed by atoms with van der Waals surface area (Å²) < 4.78 is 1.80. The van der Waals surface area contributed by atoms with Gasteiger partial charge in [0.25, 0.3) is 0 Å². The summed E-state index contributed by atoms with van der Waals surface area (Å²) in [5, 5.41) is 17.3. The van der Waals surface area contributed by atoms with Crippen LogP contribution >= 0.6 is 23.4 Å². The fourth-order valence-electron chi connectivity index (χ4n) is 3.06. The quantitative estimate of drug-likeness (QED) is 0.405. The van der Waals surface area contributed by atoms with Gasteiger partial charge >= 0.3 is 0 Å². The number of aliphatic hydroxyl groups is 1. The minimum atomic E-state index is -0.982. The van der Waals surface area contributed by atoms with Gasteiger partial charge in [-0.05, 0) is 36.4 Å². The first-order chi connectivity index (χ1) is 14.6. The van der Waals surface area contributed by atoms with Crippen LogP contribution in [0.15, 0.2) is 94.9 Å². The van der Waals surface area contributed by atoms with Gasteiger partial charge in [0.05, 0.1) is 5.56 Å². The molecule has 0 aliphatic carbocycles. The molecule has 0 radical (unpaired) electrons. The van der Waals surface area contributed by atoms with E-state index < -0.39 is 6.10 Å². The van der Waals surface area contributed by atoms with Gasteiger partial charge in [0.1, 0.15) is 16.8 Å². The Balaban J connectivity index is 1.79. The Bertz CT molecular complexity index is 1190. The average Bonchev–Trinajstić information content (AvgIpc) is 3.11. The van der Waals surface area contributed by atoms with E-state index >= 15 is 0 Å². The van der Waals surface area contributed by atoms with Gasteiger partial charge in [-0.2, -0.15) is 5.10 Å². The topological polar surface area (TPSA) is 38.0 Å². The molecular weight excluding hydrogens is 412 g/mol. The number of aromatic nitrogens is 2. The molecule has 148 valence electrons. The maximum Gasteiger partial charge on any atom is 0.145 e. The van der Waals surface area contributed by atoms with Crippen LogP contribution < -0.4 is 0 Å². The smallest absolute Gasteiger partial charge is 0.145 e. The van der Waals surface area contributed by atoms with Crippen LogP contribution in [0.2, 0.25) is 5.02 Å². The van der Waals surface area contributed by atoms with Crippen molar-refractivity contribution in [3.05, 3.63) is 101 Å². The molecule has 0 amide bonds. The van der Waals surface area contributed by atoms with Gasteiger partial charge in [0, 0.05) is 28.1 Å². The summed E-state index contributed by atoms with van der Waals surface area (Å²) >= 11 is 7.56. The third-order valence-electron chi connectivity index (χ3n) is 4.51. The van der Waals surface area contributed by atoms with Gasteiger partial charge in [-0.1, -0.05) is 83.7 Å². The summed E-state index contributed by atoms with van der Waals surface area (Å²) in [6.07, 6.45) is -0.982. The molecule has 30 heavy (non-hydrogen) atoms. The number of benzene rings is 3. The SMILES string of the molecule is Cn1nc(-c2ccccc2)c(C(O)C#Cc2ccccc2)c1Sc1ccc(Cl)cc1. The van der Waals surface area contributed by atoms with Crippen molar-refractivity contribution in [1.82, 2.24) is 9.78 Å². The lowest BCUT2D eigenvalue weighted by molar-refractivity contribution is 0.235. The van der Waals surface area contributed by atoms with Crippen LogP contribution in [0.4, 0.5) is 0 Å². The van der Waals surface area contributed by atoms with Gasteiger partial charge in [0.2, 0.25) is 0 Å². The third-order valence-corrected chi connectivity index (χ3v) is 5.94. The molecule has 0 saturated carbocycles. The molecule has 4 aromatic rings. The van der Waals surface area contributed by atoms with E-state index in [2.05, 4.69) is 11.8 Å². The predicted molar refractivity (Wildman–Crippen MR) is 122 cm³/mol. The molecule has 4 rings (SSSR count). The fraction of sp³-hybridized carbons (Fsp3) is 0.0800. The van der Waals surface area contributed by atoms with E-state index in [1.807, 2.05) is 92.0 Å². The van der Waals surface area contributed by atoms with Crippen molar-refractivity contribution in [2.45, 2.75) is 16.0 Å². The Kier molecular flexibility index (Phi) is 6.25. The van der Waals surface area contributed by atoms with E-state index in [1.54, 1.807) is 4.68 Å². The highest BCUT2D eigenvalue weighted by Crippen LogP contribution is 2.39. The van der Waals surface area contributed by atoms with Crippen molar-refractivity contribution in [3.8, 4) is 23.1 Å². The summed E-state index contributed by atoms with van der Waals surface area (Å²) in [5.74, 6) is 6.06. The van der Waals surface area contributed by atoms with Gasteiger partial charge in [-0.25, -0.2) is 0 Å². The summed E-state index contributed by atoms with van der Waals surface area (Å²) in [5.41, 5.74) is 3.22. The molecule has 0 spiro atoms. The summed E-state index contributed by atoms with van der Waals surface area (Å²) in [6.45, 7) is 0. The molecule has 1 unspecified atom stereocenters. The number of halogens is 1. The van der Waals surface area contributed by atoms with Crippen LogP contribution in [0.5, 0.6) is 0 Å². The zero-order chi connectivity index (χ0) is 20.9. The second kappa shape index (κ2) is 9.23. The monoisotopic (exact) mass is 430 g/mol. The molecule has 0 aliphatic rings. The van der Waals surface area contributed by atoms with Crippen LogP contribution in [0.25, 0.3) is 11.3 Å². The Morgan fingerprint density at radius 1 is 0.933 bits per heavy atom. The predicted octanol–water partition coefficient (Wildman–Crippen LogP) is 5.98. The Morgan fingerprint density at radius 3 is 2.23 bits per heavy atom. The Hall–Kier alpha value is -2.97. The second-order valence-electron chi connectivity index (χ2n) is 6.65. The van der Waals surface area contributed by atoms with Gasteiger partial charge < -0.3 is 5.11 Å². The first kappa shape index (κ1) is 20.3. The van der Waals surface area contributed by atoms with Crippen molar-refractivity contribution >= 4 is 23.4 Å². The largest absolute Gasteiger partial charge is 0.376 e. The third kappa shape index (κ3) is 4.60. The zero-order valence-corrected chi connectivity index (χ0v) is 17.9. The molecule has 3 aromatic carbocycles. The second-order valence-corrected chi connectivity index (χ2v) is 8.15. The van der Waals surface area contributed by atoms with Gasteiger partial charge in [-0.15, -0.1) is 0 Å². The summed E-state index contributed by atoms with van der Waals surface area (Å²) in [4.78, 5) is 1.01. The van der Waals surface area contributed by atoms with Crippen LogP contribution in [-0.4, -0.2) is 14.9 Å². The lowest BCUT2D eigenvalue weighted by atomic mass is 10.0. The van der Waals surface area contributed by atoms with Crippen molar-refractivity contribution in [3.63, 3.8) is 0 Å². The standard InChI is InChI=1S/C25H19ClN2OS/c1-28-25(30-21-15-13-20(26)14-16-21)23(24(27-28)19-10-6-3-7-11-19)22(29)17-12-18-8-4-2-5-9-18/h2-11,13-16,22,29H,1H3. The number of rotatable bonds is 4. The number of nitrogens with zero attached hydrogens (tertiary/aromatic N) is 2.